The van der Waals surface area contributed by atoms with Gasteiger partial charge in [0.15, 0.2) is 5.78 Å². The summed E-state index contributed by atoms with van der Waals surface area (Å²) in [5, 5.41) is 9.43. The number of benzene rings is 2. The number of carboxylic acid groups (broad SMARTS) is 1. The van der Waals surface area contributed by atoms with E-state index in [4.69, 9.17) is 0 Å². The van der Waals surface area contributed by atoms with Crippen molar-refractivity contribution in [2.75, 3.05) is 18.0 Å². The van der Waals surface area contributed by atoms with Crippen LogP contribution in [-0.2, 0) is 0 Å². The van der Waals surface area contributed by atoms with E-state index >= 15 is 0 Å². The molecule has 2 rings (SSSR count). The van der Waals surface area contributed by atoms with Crippen molar-refractivity contribution in [1.29, 1.82) is 0 Å². The Morgan fingerprint density at radius 2 is 1.54 bits per heavy atom. The van der Waals surface area contributed by atoms with Crippen molar-refractivity contribution in [2.24, 2.45) is 0 Å². The predicted octanol–water partition coefficient (Wildman–Crippen LogP) is 4.24. The van der Waals surface area contributed by atoms with E-state index in [9.17, 15) is 14.7 Å². The molecule has 0 unspecified atom stereocenters. The Labute approximate surface area is 142 Å². The summed E-state index contributed by atoms with van der Waals surface area (Å²) in [6.45, 7) is 5.95. The SMILES string of the molecule is CCCN(CCC)c1ccc(C(=O)O)c(C(=O)c2ccccc2)c1. The molecule has 0 aliphatic heterocycles. The second-order valence-electron chi connectivity index (χ2n) is 5.72. The predicted molar refractivity (Wildman–Crippen MR) is 96.1 cm³/mol. The molecule has 0 fully saturated rings. The van der Waals surface area contributed by atoms with E-state index in [0.29, 0.717) is 5.56 Å². The Kier molecular flexibility index (Phi) is 6.13. The molecule has 0 aliphatic carbocycles. The zero-order valence-electron chi connectivity index (χ0n) is 14.2. The molecule has 0 amide bonds. The number of carbonyl (C=O) groups excluding carboxylic acids is 1. The number of aromatic carboxylic acids is 1. The van der Waals surface area contributed by atoms with Crippen LogP contribution in [0, 0.1) is 0 Å². The molecule has 0 bridgehead atoms. The quantitative estimate of drug-likeness (QED) is 0.737. The van der Waals surface area contributed by atoms with Gasteiger partial charge in [-0.05, 0) is 31.0 Å². The summed E-state index contributed by atoms with van der Waals surface area (Å²) >= 11 is 0. The van der Waals surface area contributed by atoms with Crippen LogP contribution in [0.4, 0.5) is 5.69 Å². The standard InChI is InChI=1S/C20H23NO3/c1-3-12-21(13-4-2)16-10-11-17(20(23)24)18(14-16)19(22)15-8-6-5-7-9-15/h5-11,14H,3-4,12-13H2,1-2H3,(H,23,24). The van der Waals surface area contributed by atoms with Crippen LogP contribution in [0.25, 0.3) is 0 Å². The summed E-state index contributed by atoms with van der Waals surface area (Å²) in [6, 6.07) is 13.8. The highest BCUT2D eigenvalue weighted by molar-refractivity contribution is 6.14. The Morgan fingerprint density at radius 3 is 2.08 bits per heavy atom. The molecule has 4 nitrogen and oxygen atoms in total. The van der Waals surface area contributed by atoms with Gasteiger partial charge in [0.2, 0.25) is 0 Å². The van der Waals surface area contributed by atoms with Gasteiger partial charge in [-0.2, -0.15) is 0 Å². The highest BCUT2D eigenvalue weighted by Gasteiger charge is 2.19. The second kappa shape index (κ2) is 8.29. The van der Waals surface area contributed by atoms with Gasteiger partial charge in [0.05, 0.1) is 5.56 Å². The Morgan fingerprint density at radius 1 is 0.917 bits per heavy atom. The fourth-order valence-electron chi connectivity index (χ4n) is 2.76. The molecule has 0 atom stereocenters. The molecule has 0 heterocycles. The molecule has 0 saturated carbocycles. The lowest BCUT2D eigenvalue weighted by molar-refractivity contribution is 0.0693. The summed E-state index contributed by atoms with van der Waals surface area (Å²) in [4.78, 5) is 26.5. The molecule has 4 heteroatoms. The number of ketones is 1. The van der Waals surface area contributed by atoms with Crippen LogP contribution in [0.1, 0.15) is 53.0 Å². The molecule has 0 radical (unpaired) electrons. The van der Waals surface area contributed by atoms with Crippen molar-refractivity contribution in [1.82, 2.24) is 0 Å². The smallest absolute Gasteiger partial charge is 0.336 e. The van der Waals surface area contributed by atoms with E-state index in [2.05, 4.69) is 18.7 Å². The first-order chi connectivity index (χ1) is 11.6. The molecule has 1 N–H and O–H groups in total. The number of rotatable bonds is 8. The Bertz CT molecular complexity index is 704. The average Bonchev–Trinajstić information content (AvgIpc) is 2.61. The van der Waals surface area contributed by atoms with Gasteiger partial charge in [-0.25, -0.2) is 4.79 Å². The largest absolute Gasteiger partial charge is 0.478 e. The first-order valence-corrected chi connectivity index (χ1v) is 8.30. The van der Waals surface area contributed by atoms with E-state index in [1.807, 2.05) is 6.07 Å². The summed E-state index contributed by atoms with van der Waals surface area (Å²) in [7, 11) is 0. The monoisotopic (exact) mass is 325 g/mol. The van der Waals surface area contributed by atoms with E-state index in [0.717, 1.165) is 31.6 Å². The van der Waals surface area contributed by atoms with E-state index in [1.165, 1.54) is 6.07 Å². The van der Waals surface area contributed by atoms with Gasteiger partial charge < -0.3 is 10.0 Å². The van der Waals surface area contributed by atoms with E-state index in [-0.39, 0.29) is 16.9 Å². The maximum atomic E-state index is 12.8. The van der Waals surface area contributed by atoms with E-state index in [1.54, 1.807) is 36.4 Å². The van der Waals surface area contributed by atoms with Crippen LogP contribution in [0.5, 0.6) is 0 Å². The second-order valence-corrected chi connectivity index (χ2v) is 5.72. The molecule has 2 aromatic rings. The molecule has 24 heavy (non-hydrogen) atoms. The summed E-state index contributed by atoms with van der Waals surface area (Å²) < 4.78 is 0. The van der Waals surface area contributed by atoms with Crippen LogP contribution in [0.15, 0.2) is 48.5 Å². The first-order valence-electron chi connectivity index (χ1n) is 8.30. The van der Waals surface area contributed by atoms with Crippen LogP contribution in [-0.4, -0.2) is 29.9 Å². The van der Waals surface area contributed by atoms with E-state index < -0.39 is 5.97 Å². The maximum Gasteiger partial charge on any atom is 0.336 e. The molecule has 126 valence electrons. The Hall–Kier alpha value is -2.62. The number of hydrogen-bond acceptors (Lipinski definition) is 3. The van der Waals surface area contributed by atoms with Crippen molar-refractivity contribution in [2.45, 2.75) is 26.7 Å². The van der Waals surface area contributed by atoms with Crippen LogP contribution < -0.4 is 4.90 Å². The fraction of sp³-hybridized carbons (Fsp3) is 0.300. The minimum Gasteiger partial charge on any atom is -0.478 e. The van der Waals surface area contributed by atoms with Crippen molar-refractivity contribution >= 4 is 17.4 Å². The van der Waals surface area contributed by atoms with Crippen LogP contribution in [0.2, 0.25) is 0 Å². The van der Waals surface area contributed by atoms with Crippen molar-refractivity contribution in [3.8, 4) is 0 Å². The molecule has 0 spiro atoms. The third-order valence-electron chi connectivity index (χ3n) is 3.87. The maximum absolute atomic E-state index is 12.8. The normalized spacial score (nSPS) is 10.4. The number of hydrogen-bond donors (Lipinski definition) is 1. The zero-order valence-corrected chi connectivity index (χ0v) is 14.2. The highest BCUT2D eigenvalue weighted by Crippen LogP contribution is 2.23. The van der Waals surface area contributed by atoms with Crippen molar-refractivity contribution < 1.29 is 14.7 Å². The molecule has 0 aliphatic rings. The van der Waals surface area contributed by atoms with Crippen LogP contribution >= 0.6 is 0 Å². The molecule has 0 saturated heterocycles. The molecule has 2 aromatic carbocycles. The third-order valence-corrected chi connectivity index (χ3v) is 3.87. The summed E-state index contributed by atoms with van der Waals surface area (Å²) in [5.41, 5.74) is 1.67. The molecular weight excluding hydrogens is 302 g/mol. The number of nitrogens with zero attached hydrogens (tertiary/aromatic N) is 1. The highest BCUT2D eigenvalue weighted by atomic mass is 16.4. The average molecular weight is 325 g/mol. The van der Waals surface area contributed by atoms with Crippen LogP contribution in [0.3, 0.4) is 0 Å². The van der Waals surface area contributed by atoms with Gasteiger partial charge in [-0.15, -0.1) is 0 Å². The fourth-order valence-corrected chi connectivity index (χ4v) is 2.76. The zero-order chi connectivity index (χ0) is 17.5. The molecule has 0 aromatic heterocycles. The lowest BCUT2D eigenvalue weighted by atomic mass is 9.97. The number of carboxylic acids is 1. The van der Waals surface area contributed by atoms with Gasteiger partial charge in [0.1, 0.15) is 0 Å². The Balaban J connectivity index is 2.49. The van der Waals surface area contributed by atoms with Gasteiger partial charge in [0.25, 0.3) is 0 Å². The summed E-state index contributed by atoms with van der Waals surface area (Å²) in [5.74, 6) is -1.35. The molecular formula is C20H23NO3. The minimum absolute atomic E-state index is 0.0422. The first kappa shape index (κ1) is 17.7. The van der Waals surface area contributed by atoms with Gasteiger partial charge in [0, 0.05) is 29.9 Å². The topological polar surface area (TPSA) is 57.6 Å². The number of anilines is 1. The lowest BCUT2D eigenvalue weighted by Crippen LogP contribution is -2.25. The number of carbonyl (C=O) groups is 2. The lowest BCUT2D eigenvalue weighted by Gasteiger charge is -2.24. The van der Waals surface area contributed by atoms with Gasteiger partial charge >= 0.3 is 5.97 Å². The van der Waals surface area contributed by atoms with Crippen molar-refractivity contribution in [3.63, 3.8) is 0 Å². The minimum atomic E-state index is -1.08. The third kappa shape index (κ3) is 4.02. The summed E-state index contributed by atoms with van der Waals surface area (Å²) in [6.07, 6.45) is 1.98. The van der Waals surface area contributed by atoms with Gasteiger partial charge in [-0.3, -0.25) is 4.79 Å². The van der Waals surface area contributed by atoms with Gasteiger partial charge in [-0.1, -0.05) is 44.2 Å². The van der Waals surface area contributed by atoms with Crippen molar-refractivity contribution in [3.05, 3.63) is 65.2 Å².